The summed E-state index contributed by atoms with van der Waals surface area (Å²) in [5.74, 6) is 0.177. The van der Waals surface area contributed by atoms with Crippen LogP contribution in [-0.4, -0.2) is 35.1 Å². The molecule has 0 saturated carbocycles. The number of aliphatic hydroxyl groups excluding tert-OH is 1. The van der Waals surface area contributed by atoms with Crippen molar-refractivity contribution in [2.24, 2.45) is 0 Å². The summed E-state index contributed by atoms with van der Waals surface area (Å²) in [7, 11) is 0. The highest BCUT2D eigenvalue weighted by Crippen LogP contribution is 2.14. The molecule has 4 heteroatoms. The molecule has 0 bridgehead atoms. The van der Waals surface area contributed by atoms with E-state index < -0.39 is 0 Å². The molecule has 1 N–H and O–H groups in total. The lowest BCUT2D eigenvalue weighted by atomic mass is 10.1. The maximum atomic E-state index is 11.6. The summed E-state index contributed by atoms with van der Waals surface area (Å²) in [4.78, 5) is 13.4. The number of β-amino-alcohol motifs (C(OH)–C–C–N with tert-alkyl or cyclic N) is 1. The fourth-order valence-corrected chi connectivity index (χ4v) is 2.34. The fraction of sp³-hybridized carbons (Fsp3) is 0.500. The number of carbonyl (C=O) groups is 1. The van der Waals surface area contributed by atoms with Gasteiger partial charge in [-0.2, -0.15) is 0 Å². The van der Waals surface area contributed by atoms with Crippen molar-refractivity contribution in [3.8, 4) is 0 Å². The van der Waals surface area contributed by atoms with Crippen molar-refractivity contribution < 1.29 is 9.90 Å². The van der Waals surface area contributed by atoms with Gasteiger partial charge in [0.15, 0.2) is 0 Å². The first-order valence-corrected chi connectivity index (χ1v) is 7.15. The minimum Gasteiger partial charge on any atom is -0.389 e. The zero-order valence-corrected chi connectivity index (χ0v) is 11.9. The van der Waals surface area contributed by atoms with Gasteiger partial charge in [-0.3, -0.25) is 4.79 Å². The number of halogens is 1. The number of aliphatic hydroxyl groups is 1. The summed E-state index contributed by atoms with van der Waals surface area (Å²) in [5.41, 5.74) is 1.31. The normalized spacial score (nSPS) is 15.6. The molecule has 0 aliphatic carbocycles. The second kappa shape index (κ2) is 6.34. The SMILES string of the molecule is O=C(CCCCc1ccc(Br)cc1)N1CC(O)C1. The molecule has 18 heavy (non-hydrogen) atoms. The summed E-state index contributed by atoms with van der Waals surface area (Å²) in [5, 5.41) is 9.11. The molecule has 3 nitrogen and oxygen atoms in total. The first-order valence-electron chi connectivity index (χ1n) is 6.35. The number of benzene rings is 1. The number of nitrogens with zero attached hydrogens (tertiary/aromatic N) is 1. The second-order valence-corrected chi connectivity index (χ2v) is 5.70. The van der Waals surface area contributed by atoms with E-state index in [1.165, 1.54) is 5.56 Å². The second-order valence-electron chi connectivity index (χ2n) is 4.79. The lowest BCUT2D eigenvalue weighted by molar-refractivity contribution is -0.141. The molecule has 0 unspecified atom stereocenters. The molecule has 2 rings (SSSR count). The van der Waals surface area contributed by atoms with Crippen LogP contribution in [0.5, 0.6) is 0 Å². The van der Waals surface area contributed by atoms with Crippen molar-refractivity contribution in [2.75, 3.05) is 13.1 Å². The van der Waals surface area contributed by atoms with Gasteiger partial charge >= 0.3 is 0 Å². The van der Waals surface area contributed by atoms with Gasteiger partial charge in [0, 0.05) is 24.0 Å². The van der Waals surface area contributed by atoms with Crippen LogP contribution in [0.25, 0.3) is 0 Å². The predicted molar refractivity (Wildman–Crippen MR) is 74.3 cm³/mol. The van der Waals surface area contributed by atoms with E-state index in [-0.39, 0.29) is 12.0 Å². The highest BCUT2D eigenvalue weighted by atomic mass is 79.9. The largest absolute Gasteiger partial charge is 0.389 e. The van der Waals surface area contributed by atoms with E-state index in [0.717, 1.165) is 23.7 Å². The molecule has 1 aromatic carbocycles. The van der Waals surface area contributed by atoms with Crippen molar-refractivity contribution in [2.45, 2.75) is 31.8 Å². The van der Waals surface area contributed by atoms with Crippen molar-refractivity contribution >= 4 is 21.8 Å². The van der Waals surface area contributed by atoms with E-state index in [1.54, 1.807) is 4.90 Å². The van der Waals surface area contributed by atoms with E-state index in [1.807, 2.05) is 12.1 Å². The predicted octanol–water partition coefficient (Wildman–Crippen LogP) is 2.37. The van der Waals surface area contributed by atoms with Crippen LogP contribution in [0, 0.1) is 0 Å². The van der Waals surface area contributed by atoms with Gasteiger partial charge < -0.3 is 10.0 Å². The first-order chi connectivity index (χ1) is 8.65. The summed E-state index contributed by atoms with van der Waals surface area (Å²) in [6.45, 7) is 1.04. The molecule has 1 fully saturated rings. The molecule has 1 aliphatic rings. The molecule has 0 spiro atoms. The number of aryl methyl sites for hydroxylation is 1. The number of carbonyl (C=O) groups excluding carboxylic acids is 1. The van der Waals surface area contributed by atoms with E-state index in [4.69, 9.17) is 5.11 Å². The Labute approximate surface area is 116 Å². The first kappa shape index (κ1) is 13.6. The molecule has 1 heterocycles. The monoisotopic (exact) mass is 311 g/mol. The molecular weight excluding hydrogens is 294 g/mol. The van der Waals surface area contributed by atoms with Crippen LogP contribution in [0.3, 0.4) is 0 Å². The fourth-order valence-electron chi connectivity index (χ4n) is 2.07. The highest BCUT2D eigenvalue weighted by Gasteiger charge is 2.27. The summed E-state index contributed by atoms with van der Waals surface area (Å²) >= 11 is 3.41. The number of likely N-dealkylation sites (tertiary alicyclic amines) is 1. The van der Waals surface area contributed by atoms with Gasteiger partial charge in [-0.1, -0.05) is 28.1 Å². The van der Waals surface area contributed by atoms with Gasteiger partial charge in [-0.25, -0.2) is 0 Å². The van der Waals surface area contributed by atoms with Gasteiger partial charge in [-0.15, -0.1) is 0 Å². The Kier molecular flexibility index (Phi) is 4.78. The third kappa shape index (κ3) is 3.82. The minimum absolute atomic E-state index is 0.177. The highest BCUT2D eigenvalue weighted by molar-refractivity contribution is 9.10. The maximum absolute atomic E-state index is 11.6. The van der Waals surface area contributed by atoms with Gasteiger partial charge in [0.05, 0.1) is 6.10 Å². The topological polar surface area (TPSA) is 40.5 Å². The quantitative estimate of drug-likeness (QED) is 0.848. The zero-order chi connectivity index (χ0) is 13.0. The Morgan fingerprint density at radius 1 is 1.28 bits per heavy atom. The van der Waals surface area contributed by atoms with Crippen LogP contribution in [0.2, 0.25) is 0 Å². The van der Waals surface area contributed by atoms with Gasteiger partial charge in [-0.05, 0) is 37.0 Å². The Balaban J connectivity index is 1.61. The number of hydrogen-bond acceptors (Lipinski definition) is 2. The van der Waals surface area contributed by atoms with Crippen LogP contribution in [0.15, 0.2) is 28.7 Å². The number of unbranched alkanes of at least 4 members (excludes halogenated alkanes) is 1. The van der Waals surface area contributed by atoms with Crippen LogP contribution in [0.1, 0.15) is 24.8 Å². The van der Waals surface area contributed by atoms with Gasteiger partial charge in [0.1, 0.15) is 0 Å². The molecular formula is C14H18BrNO2. The van der Waals surface area contributed by atoms with Crippen molar-refractivity contribution in [3.63, 3.8) is 0 Å². The molecule has 1 aromatic rings. The minimum atomic E-state index is -0.295. The van der Waals surface area contributed by atoms with Crippen molar-refractivity contribution in [1.82, 2.24) is 4.90 Å². The van der Waals surface area contributed by atoms with E-state index in [9.17, 15) is 4.79 Å². The summed E-state index contributed by atoms with van der Waals surface area (Å²) in [6.07, 6.45) is 3.27. The Morgan fingerprint density at radius 3 is 2.56 bits per heavy atom. The molecule has 0 radical (unpaired) electrons. The molecule has 0 atom stereocenters. The van der Waals surface area contributed by atoms with E-state index >= 15 is 0 Å². The Bertz CT molecular complexity index is 399. The lowest BCUT2D eigenvalue weighted by Crippen LogP contribution is -2.53. The van der Waals surface area contributed by atoms with E-state index in [0.29, 0.717) is 19.5 Å². The van der Waals surface area contributed by atoms with Crippen molar-refractivity contribution in [1.29, 1.82) is 0 Å². The maximum Gasteiger partial charge on any atom is 0.222 e. The molecule has 98 valence electrons. The van der Waals surface area contributed by atoms with Gasteiger partial charge in [0.25, 0.3) is 0 Å². The van der Waals surface area contributed by atoms with E-state index in [2.05, 4.69) is 28.1 Å². The molecule has 1 aliphatic heterocycles. The summed E-state index contributed by atoms with van der Waals surface area (Å²) < 4.78 is 1.10. The molecule has 1 amide bonds. The standard InChI is InChI=1S/C14H18BrNO2/c15-12-7-5-11(6-8-12)3-1-2-4-14(18)16-9-13(17)10-16/h5-8,13,17H,1-4,9-10H2. The number of amides is 1. The van der Waals surface area contributed by atoms with Crippen LogP contribution < -0.4 is 0 Å². The Hall–Kier alpha value is -0.870. The number of hydrogen-bond donors (Lipinski definition) is 1. The van der Waals surface area contributed by atoms with Crippen LogP contribution >= 0.6 is 15.9 Å². The average Bonchev–Trinajstić information content (AvgIpc) is 2.32. The lowest BCUT2D eigenvalue weighted by Gasteiger charge is -2.35. The van der Waals surface area contributed by atoms with Crippen LogP contribution in [-0.2, 0) is 11.2 Å². The zero-order valence-electron chi connectivity index (χ0n) is 10.3. The van der Waals surface area contributed by atoms with Crippen LogP contribution in [0.4, 0.5) is 0 Å². The van der Waals surface area contributed by atoms with Gasteiger partial charge in [0.2, 0.25) is 5.91 Å². The smallest absolute Gasteiger partial charge is 0.222 e. The molecule has 1 saturated heterocycles. The van der Waals surface area contributed by atoms with Crippen molar-refractivity contribution in [3.05, 3.63) is 34.3 Å². The third-order valence-electron chi connectivity index (χ3n) is 3.23. The Morgan fingerprint density at radius 2 is 1.94 bits per heavy atom. The molecule has 0 aromatic heterocycles. The average molecular weight is 312 g/mol. The third-order valence-corrected chi connectivity index (χ3v) is 3.76. The number of rotatable bonds is 5. The summed E-state index contributed by atoms with van der Waals surface area (Å²) in [6, 6.07) is 8.30.